The van der Waals surface area contributed by atoms with Crippen molar-refractivity contribution in [2.75, 3.05) is 27.2 Å². The fourth-order valence-electron chi connectivity index (χ4n) is 1.27. The van der Waals surface area contributed by atoms with Crippen molar-refractivity contribution >= 4 is 17.5 Å². The van der Waals surface area contributed by atoms with Gasteiger partial charge in [-0.3, -0.25) is 9.48 Å². The van der Waals surface area contributed by atoms with Crippen molar-refractivity contribution in [3.8, 4) is 0 Å². The van der Waals surface area contributed by atoms with Gasteiger partial charge in [0, 0.05) is 39.3 Å². The predicted molar refractivity (Wildman–Crippen MR) is 63.4 cm³/mol. The van der Waals surface area contributed by atoms with E-state index in [2.05, 4.69) is 10.4 Å². The summed E-state index contributed by atoms with van der Waals surface area (Å²) in [5.41, 5.74) is 0. The zero-order chi connectivity index (χ0) is 12.0. The first-order valence-electron chi connectivity index (χ1n) is 5.20. The van der Waals surface area contributed by atoms with Gasteiger partial charge in [-0.1, -0.05) is 11.6 Å². The third-order valence-corrected chi connectivity index (χ3v) is 2.47. The van der Waals surface area contributed by atoms with E-state index in [0.29, 0.717) is 18.0 Å². The number of rotatable bonds is 6. The van der Waals surface area contributed by atoms with Gasteiger partial charge in [-0.05, 0) is 7.05 Å². The van der Waals surface area contributed by atoms with Gasteiger partial charge in [0.2, 0.25) is 5.91 Å². The molecular weight excluding hydrogens is 228 g/mol. The number of nitrogens with zero attached hydrogens (tertiary/aromatic N) is 3. The van der Waals surface area contributed by atoms with E-state index in [0.717, 1.165) is 13.1 Å². The van der Waals surface area contributed by atoms with E-state index in [9.17, 15) is 4.79 Å². The number of likely N-dealkylation sites (N-methyl/N-ethyl adjacent to an activating group) is 2. The summed E-state index contributed by atoms with van der Waals surface area (Å²) in [5.74, 6) is 0.113. The molecule has 0 fully saturated rings. The fraction of sp³-hybridized carbons (Fsp3) is 0.600. The Morgan fingerprint density at radius 3 is 3.00 bits per heavy atom. The Bertz CT molecular complexity index is 339. The molecule has 1 heterocycles. The molecular formula is C10H17ClN4O. The summed E-state index contributed by atoms with van der Waals surface area (Å²) in [6.45, 7) is 2.08. The molecule has 0 aliphatic heterocycles. The molecule has 0 atom stereocenters. The largest absolute Gasteiger partial charge is 0.344 e. The second-order valence-corrected chi connectivity index (χ2v) is 4.03. The summed E-state index contributed by atoms with van der Waals surface area (Å²) < 4.78 is 1.67. The maximum atomic E-state index is 11.7. The quantitative estimate of drug-likeness (QED) is 0.798. The summed E-state index contributed by atoms with van der Waals surface area (Å²) in [5, 5.41) is 7.61. The highest BCUT2D eigenvalue weighted by molar-refractivity contribution is 6.30. The van der Waals surface area contributed by atoms with Crippen LogP contribution < -0.4 is 5.32 Å². The summed E-state index contributed by atoms with van der Waals surface area (Å²) in [6.07, 6.45) is 3.72. The molecule has 1 rings (SSSR count). The molecule has 0 aliphatic carbocycles. The average Bonchev–Trinajstić information content (AvgIpc) is 2.68. The van der Waals surface area contributed by atoms with Crippen LogP contribution >= 0.6 is 11.6 Å². The van der Waals surface area contributed by atoms with E-state index in [1.54, 1.807) is 29.0 Å². The topological polar surface area (TPSA) is 50.2 Å². The number of aryl methyl sites for hydroxylation is 1. The first-order chi connectivity index (χ1) is 7.63. The highest BCUT2D eigenvalue weighted by Gasteiger charge is 2.08. The molecule has 0 spiro atoms. The second-order valence-electron chi connectivity index (χ2n) is 3.59. The molecule has 0 saturated heterocycles. The summed E-state index contributed by atoms with van der Waals surface area (Å²) >= 11 is 5.72. The molecule has 0 aromatic carbocycles. The van der Waals surface area contributed by atoms with Crippen molar-refractivity contribution < 1.29 is 4.79 Å². The zero-order valence-corrected chi connectivity index (χ0v) is 10.4. The minimum absolute atomic E-state index is 0.113. The highest BCUT2D eigenvalue weighted by atomic mass is 35.5. The van der Waals surface area contributed by atoms with Gasteiger partial charge in [0.1, 0.15) is 0 Å². The first kappa shape index (κ1) is 13.0. The summed E-state index contributed by atoms with van der Waals surface area (Å²) in [7, 11) is 3.67. The third kappa shape index (κ3) is 4.20. The smallest absolute Gasteiger partial charge is 0.224 e. The lowest BCUT2D eigenvalue weighted by atomic mass is 10.3. The molecule has 6 heteroatoms. The minimum Gasteiger partial charge on any atom is -0.344 e. The van der Waals surface area contributed by atoms with E-state index < -0.39 is 0 Å². The van der Waals surface area contributed by atoms with Crippen LogP contribution in [0.3, 0.4) is 0 Å². The molecule has 90 valence electrons. The van der Waals surface area contributed by atoms with Gasteiger partial charge in [-0.15, -0.1) is 0 Å². The normalized spacial score (nSPS) is 10.4. The van der Waals surface area contributed by atoms with E-state index >= 15 is 0 Å². The number of halogens is 1. The van der Waals surface area contributed by atoms with Gasteiger partial charge in [0.25, 0.3) is 0 Å². The van der Waals surface area contributed by atoms with Gasteiger partial charge in [0.15, 0.2) is 0 Å². The molecule has 16 heavy (non-hydrogen) atoms. The Morgan fingerprint density at radius 2 is 2.44 bits per heavy atom. The first-order valence-corrected chi connectivity index (χ1v) is 5.58. The number of carbonyl (C=O) groups is 1. The van der Waals surface area contributed by atoms with Crippen molar-refractivity contribution in [3.05, 3.63) is 17.4 Å². The van der Waals surface area contributed by atoms with Gasteiger partial charge in [-0.2, -0.15) is 5.10 Å². The van der Waals surface area contributed by atoms with E-state index in [4.69, 9.17) is 11.6 Å². The van der Waals surface area contributed by atoms with Crippen LogP contribution in [0, 0.1) is 0 Å². The van der Waals surface area contributed by atoms with Crippen LogP contribution in [0.4, 0.5) is 0 Å². The van der Waals surface area contributed by atoms with E-state index in [1.807, 2.05) is 7.05 Å². The molecule has 1 aromatic rings. The zero-order valence-electron chi connectivity index (χ0n) is 9.61. The van der Waals surface area contributed by atoms with E-state index in [1.165, 1.54) is 0 Å². The summed E-state index contributed by atoms with van der Waals surface area (Å²) in [4.78, 5) is 13.4. The van der Waals surface area contributed by atoms with Gasteiger partial charge in [0.05, 0.1) is 11.2 Å². The molecule has 1 aromatic heterocycles. The predicted octanol–water partition coefficient (Wildman–Crippen LogP) is 0.604. The van der Waals surface area contributed by atoms with Gasteiger partial charge >= 0.3 is 0 Å². The van der Waals surface area contributed by atoms with Crippen molar-refractivity contribution in [1.29, 1.82) is 0 Å². The number of amides is 1. The lowest BCUT2D eigenvalue weighted by molar-refractivity contribution is -0.130. The van der Waals surface area contributed by atoms with Crippen molar-refractivity contribution in [2.24, 2.45) is 0 Å². The Hall–Kier alpha value is -1.07. The number of hydrogen-bond donors (Lipinski definition) is 1. The minimum atomic E-state index is 0.113. The van der Waals surface area contributed by atoms with Gasteiger partial charge < -0.3 is 10.2 Å². The molecule has 0 radical (unpaired) electrons. The van der Waals surface area contributed by atoms with Crippen LogP contribution in [0.5, 0.6) is 0 Å². The number of nitrogens with one attached hydrogen (secondary N) is 1. The van der Waals surface area contributed by atoms with Crippen molar-refractivity contribution in [2.45, 2.75) is 13.0 Å². The Kier molecular flexibility index (Phi) is 5.28. The molecule has 0 aliphatic rings. The standard InChI is InChI=1S/C10H17ClN4O/c1-12-4-6-14(2)10(16)3-5-15-8-9(11)7-13-15/h7-8,12H,3-6H2,1-2H3. The fourth-order valence-corrected chi connectivity index (χ4v) is 1.42. The Balaban J connectivity index is 2.29. The Morgan fingerprint density at radius 1 is 1.69 bits per heavy atom. The van der Waals surface area contributed by atoms with Crippen molar-refractivity contribution in [3.63, 3.8) is 0 Å². The highest BCUT2D eigenvalue weighted by Crippen LogP contribution is 2.05. The SMILES string of the molecule is CNCCN(C)C(=O)CCn1cc(Cl)cn1. The van der Waals surface area contributed by atoms with Crippen LogP contribution in [0.25, 0.3) is 0 Å². The average molecular weight is 245 g/mol. The lowest BCUT2D eigenvalue weighted by Gasteiger charge is -2.16. The second kappa shape index (κ2) is 6.50. The number of carbonyl (C=O) groups excluding carboxylic acids is 1. The lowest BCUT2D eigenvalue weighted by Crippen LogP contribution is -2.33. The molecule has 1 N–H and O–H groups in total. The molecule has 5 nitrogen and oxygen atoms in total. The number of aromatic nitrogens is 2. The van der Waals surface area contributed by atoms with Gasteiger partial charge in [-0.25, -0.2) is 0 Å². The molecule has 1 amide bonds. The van der Waals surface area contributed by atoms with Crippen LogP contribution in [0.2, 0.25) is 5.02 Å². The maximum Gasteiger partial charge on any atom is 0.224 e. The van der Waals surface area contributed by atoms with E-state index in [-0.39, 0.29) is 5.91 Å². The van der Waals surface area contributed by atoms with Crippen LogP contribution in [-0.2, 0) is 11.3 Å². The maximum absolute atomic E-state index is 11.7. The molecule has 0 bridgehead atoms. The summed E-state index contributed by atoms with van der Waals surface area (Å²) in [6, 6.07) is 0. The molecule has 0 saturated carbocycles. The number of hydrogen-bond acceptors (Lipinski definition) is 3. The molecule has 0 unspecified atom stereocenters. The van der Waals surface area contributed by atoms with Crippen molar-refractivity contribution in [1.82, 2.24) is 20.0 Å². The Labute approximate surface area is 100 Å². The monoisotopic (exact) mass is 244 g/mol. The van der Waals surface area contributed by atoms with Crippen LogP contribution in [-0.4, -0.2) is 47.8 Å². The van der Waals surface area contributed by atoms with Crippen LogP contribution in [0.1, 0.15) is 6.42 Å². The third-order valence-electron chi connectivity index (χ3n) is 2.28. The van der Waals surface area contributed by atoms with Crippen LogP contribution in [0.15, 0.2) is 12.4 Å².